The van der Waals surface area contributed by atoms with Crippen molar-refractivity contribution in [3.05, 3.63) is 0 Å². The number of hydrogen-bond donors (Lipinski definition) is 1. The molecule has 1 atom stereocenters. The summed E-state index contributed by atoms with van der Waals surface area (Å²) in [5.41, 5.74) is 0. The maximum atomic E-state index is 10.9. The summed E-state index contributed by atoms with van der Waals surface area (Å²) >= 11 is 0. The molecule has 1 fully saturated rings. The molecule has 0 radical (unpaired) electrons. The lowest BCUT2D eigenvalue weighted by Crippen LogP contribution is -2.38. The van der Waals surface area contributed by atoms with Crippen LogP contribution < -0.4 is 0 Å². The molecule has 90 valence electrons. The lowest BCUT2D eigenvalue weighted by atomic mass is 9.95. The Labute approximate surface area is 96.4 Å². The highest BCUT2D eigenvalue weighted by Gasteiger charge is 2.31. The maximum absolute atomic E-state index is 10.9. The number of aliphatic carboxylic acids is 1. The van der Waals surface area contributed by atoms with Crippen molar-refractivity contribution in [3.8, 4) is 0 Å². The van der Waals surface area contributed by atoms with Gasteiger partial charge in [-0.1, -0.05) is 12.8 Å². The van der Waals surface area contributed by atoms with E-state index in [1.807, 2.05) is 7.05 Å². The third kappa shape index (κ3) is 2.97. The van der Waals surface area contributed by atoms with Crippen molar-refractivity contribution < 1.29 is 9.90 Å². The molecule has 4 nitrogen and oxygen atoms in total. The van der Waals surface area contributed by atoms with E-state index in [1.54, 1.807) is 0 Å². The van der Waals surface area contributed by atoms with Crippen LogP contribution in [0.2, 0.25) is 0 Å². The van der Waals surface area contributed by atoms with E-state index in [9.17, 15) is 4.79 Å². The molecule has 1 unspecified atom stereocenters. The highest BCUT2D eigenvalue weighted by molar-refractivity contribution is 5.88. The van der Waals surface area contributed by atoms with E-state index in [2.05, 4.69) is 9.89 Å². The molecule has 4 heteroatoms. The van der Waals surface area contributed by atoms with E-state index in [1.165, 1.54) is 12.8 Å². The van der Waals surface area contributed by atoms with Gasteiger partial charge in [0, 0.05) is 26.1 Å². The van der Waals surface area contributed by atoms with E-state index in [-0.39, 0.29) is 12.3 Å². The molecule has 1 aliphatic heterocycles. The summed E-state index contributed by atoms with van der Waals surface area (Å²) in [4.78, 5) is 17.5. The molecule has 1 heterocycles. The van der Waals surface area contributed by atoms with Crippen LogP contribution in [0.25, 0.3) is 0 Å². The van der Waals surface area contributed by atoms with Gasteiger partial charge in [0.1, 0.15) is 5.84 Å². The Kier molecular flexibility index (Phi) is 3.46. The van der Waals surface area contributed by atoms with Gasteiger partial charge in [0.25, 0.3) is 0 Å². The first kappa shape index (κ1) is 11.4. The summed E-state index contributed by atoms with van der Waals surface area (Å²) < 4.78 is 0. The summed E-state index contributed by atoms with van der Waals surface area (Å²) in [5, 5.41) is 8.96. The number of nitrogens with zero attached hydrogens (tertiary/aromatic N) is 2. The molecule has 16 heavy (non-hydrogen) atoms. The third-order valence-corrected chi connectivity index (χ3v) is 3.42. The number of hydrogen-bond acceptors (Lipinski definition) is 3. The zero-order chi connectivity index (χ0) is 11.5. The van der Waals surface area contributed by atoms with Gasteiger partial charge in [0.15, 0.2) is 0 Å². The van der Waals surface area contributed by atoms with E-state index >= 15 is 0 Å². The third-order valence-electron chi connectivity index (χ3n) is 3.42. The Morgan fingerprint density at radius 2 is 2.38 bits per heavy atom. The monoisotopic (exact) mass is 224 g/mol. The highest BCUT2D eigenvalue weighted by Crippen LogP contribution is 2.37. The largest absolute Gasteiger partial charge is 0.481 e. The van der Waals surface area contributed by atoms with Crippen LogP contribution in [0.3, 0.4) is 0 Å². The average molecular weight is 224 g/mol. The van der Waals surface area contributed by atoms with Gasteiger partial charge in [-0.3, -0.25) is 9.79 Å². The number of carboxylic acids is 1. The summed E-state index contributed by atoms with van der Waals surface area (Å²) in [6.45, 7) is 1.88. The molecule has 1 saturated carbocycles. The molecule has 2 aliphatic rings. The second-order valence-electron chi connectivity index (χ2n) is 4.99. The molecule has 0 spiro atoms. The zero-order valence-corrected chi connectivity index (χ0v) is 9.85. The smallest absolute Gasteiger partial charge is 0.304 e. The van der Waals surface area contributed by atoms with Crippen LogP contribution in [-0.2, 0) is 4.79 Å². The quantitative estimate of drug-likeness (QED) is 0.772. The van der Waals surface area contributed by atoms with Crippen molar-refractivity contribution in [1.29, 1.82) is 0 Å². The summed E-state index contributed by atoms with van der Waals surface area (Å²) in [6.07, 6.45) is 4.87. The molecule has 0 aromatic rings. The SMILES string of the molecule is CN1CCCN=C1C(CC(=O)O)CC1CC1. The first-order chi connectivity index (χ1) is 7.66. The predicted octanol–water partition coefficient (Wildman–Crippen LogP) is 1.61. The van der Waals surface area contributed by atoms with Crippen LogP contribution in [0.15, 0.2) is 4.99 Å². The topological polar surface area (TPSA) is 52.9 Å². The standard InChI is InChI=1S/C12H20N2O2/c1-14-6-2-5-13-12(14)10(8-11(15)16)7-9-3-4-9/h9-10H,2-8H2,1H3,(H,15,16). The van der Waals surface area contributed by atoms with Gasteiger partial charge in [-0.05, 0) is 18.8 Å². The van der Waals surface area contributed by atoms with Crippen LogP contribution in [0.4, 0.5) is 0 Å². The van der Waals surface area contributed by atoms with Gasteiger partial charge in [0.05, 0.1) is 6.42 Å². The number of aliphatic imine (C=N–C) groups is 1. The molecule has 0 saturated heterocycles. The van der Waals surface area contributed by atoms with Crippen LogP contribution in [0.1, 0.15) is 32.1 Å². The number of carboxylic acid groups (broad SMARTS) is 1. The van der Waals surface area contributed by atoms with E-state index in [0.717, 1.165) is 37.7 Å². The highest BCUT2D eigenvalue weighted by atomic mass is 16.4. The van der Waals surface area contributed by atoms with Crippen LogP contribution in [0.5, 0.6) is 0 Å². The molecule has 0 amide bonds. The van der Waals surface area contributed by atoms with Crippen molar-refractivity contribution in [2.24, 2.45) is 16.8 Å². The Morgan fingerprint density at radius 1 is 1.62 bits per heavy atom. The van der Waals surface area contributed by atoms with Gasteiger partial charge in [-0.25, -0.2) is 0 Å². The molecular formula is C12H20N2O2. The second-order valence-corrected chi connectivity index (χ2v) is 4.99. The van der Waals surface area contributed by atoms with E-state index in [0.29, 0.717) is 0 Å². The molecule has 0 aromatic carbocycles. The number of rotatable bonds is 5. The fourth-order valence-corrected chi connectivity index (χ4v) is 2.42. The fraction of sp³-hybridized carbons (Fsp3) is 0.833. The van der Waals surface area contributed by atoms with Crippen LogP contribution >= 0.6 is 0 Å². The van der Waals surface area contributed by atoms with E-state index < -0.39 is 5.97 Å². The van der Waals surface area contributed by atoms with Crippen molar-refractivity contribution >= 4 is 11.8 Å². The Bertz CT molecular complexity index is 297. The van der Waals surface area contributed by atoms with Crippen LogP contribution in [0, 0.1) is 11.8 Å². The lowest BCUT2D eigenvalue weighted by molar-refractivity contribution is -0.137. The molecular weight excluding hydrogens is 204 g/mol. The summed E-state index contributed by atoms with van der Waals surface area (Å²) in [6, 6.07) is 0. The molecule has 1 aliphatic carbocycles. The van der Waals surface area contributed by atoms with Crippen LogP contribution in [-0.4, -0.2) is 41.9 Å². The van der Waals surface area contributed by atoms with Gasteiger partial charge >= 0.3 is 5.97 Å². The maximum Gasteiger partial charge on any atom is 0.304 e. The molecule has 0 bridgehead atoms. The fourth-order valence-electron chi connectivity index (χ4n) is 2.42. The molecule has 2 rings (SSSR count). The van der Waals surface area contributed by atoms with Crippen molar-refractivity contribution in [2.75, 3.05) is 20.1 Å². The summed E-state index contributed by atoms with van der Waals surface area (Å²) in [5.74, 6) is 1.21. The van der Waals surface area contributed by atoms with Gasteiger partial charge in [0.2, 0.25) is 0 Å². The molecule has 1 N–H and O–H groups in total. The molecule has 0 aromatic heterocycles. The average Bonchev–Trinajstić information content (AvgIpc) is 3.01. The Balaban J connectivity index is 2.02. The summed E-state index contributed by atoms with van der Waals surface area (Å²) in [7, 11) is 2.03. The first-order valence-electron chi connectivity index (χ1n) is 6.14. The lowest BCUT2D eigenvalue weighted by Gasteiger charge is -2.30. The van der Waals surface area contributed by atoms with Crippen molar-refractivity contribution in [3.63, 3.8) is 0 Å². The van der Waals surface area contributed by atoms with E-state index in [4.69, 9.17) is 5.11 Å². The number of amidine groups is 1. The predicted molar refractivity (Wildman–Crippen MR) is 62.6 cm³/mol. The first-order valence-corrected chi connectivity index (χ1v) is 6.14. The minimum absolute atomic E-state index is 0.135. The Morgan fingerprint density at radius 3 is 2.94 bits per heavy atom. The van der Waals surface area contributed by atoms with Gasteiger partial charge in [-0.2, -0.15) is 0 Å². The normalized spacial score (nSPS) is 22.8. The van der Waals surface area contributed by atoms with Crippen molar-refractivity contribution in [1.82, 2.24) is 4.90 Å². The minimum atomic E-state index is -0.702. The second kappa shape index (κ2) is 4.85. The van der Waals surface area contributed by atoms with Gasteiger partial charge < -0.3 is 10.0 Å². The van der Waals surface area contributed by atoms with Gasteiger partial charge in [-0.15, -0.1) is 0 Å². The number of carbonyl (C=O) groups is 1. The Hall–Kier alpha value is -1.06. The zero-order valence-electron chi connectivity index (χ0n) is 9.85. The minimum Gasteiger partial charge on any atom is -0.481 e. The van der Waals surface area contributed by atoms with Crippen molar-refractivity contribution in [2.45, 2.75) is 32.1 Å².